The Bertz CT molecular complexity index is 344. The Hall–Kier alpha value is -1.07. The smallest absolute Gasteiger partial charge is 0.268 e. The van der Waals surface area contributed by atoms with Crippen LogP contribution in [0.25, 0.3) is 0 Å². The Morgan fingerprint density at radius 3 is 2.76 bits per heavy atom. The second-order valence-corrected chi connectivity index (χ2v) is 4.63. The first-order valence-corrected chi connectivity index (χ1v) is 5.86. The van der Waals surface area contributed by atoms with Crippen LogP contribution in [0.2, 0.25) is 0 Å². The van der Waals surface area contributed by atoms with Gasteiger partial charge in [0.1, 0.15) is 5.76 Å². The van der Waals surface area contributed by atoms with Gasteiger partial charge in [-0.2, -0.15) is 0 Å². The average molecular weight is 241 g/mol. The number of carbonyl (C=O) groups is 1. The van der Waals surface area contributed by atoms with E-state index in [0.717, 1.165) is 11.5 Å². The molecule has 0 aromatic rings. The Morgan fingerprint density at radius 2 is 2.12 bits per heavy atom. The Labute approximate surface area is 101 Å². The highest BCUT2D eigenvalue weighted by atomic mass is 16.5. The fourth-order valence-corrected chi connectivity index (χ4v) is 2.15. The van der Waals surface area contributed by atoms with E-state index in [9.17, 15) is 4.79 Å². The van der Waals surface area contributed by atoms with Crippen LogP contribution in [0, 0.1) is 0 Å². The lowest BCUT2D eigenvalue weighted by Gasteiger charge is -2.47. The van der Waals surface area contributed by atoms with E-state index in [0.29, 0.717) is 26.1 Å². The van der Waals surface area contributed by atoms with E-state index in [-0.39, 0.29) is 12.0 Å². The van der Waals surface area contributed by atoms with Crippen LogP contribution < -0.4 is 5.32 Å². The van der Waals surface area contributed by atoms with E-state index >= 15 is 0 Å². The van der Waals surface area contributed by atoms with Crippen molar-refractivity contribution in [2.75, 3.05) is 20.3 Å². The molecule has 1 amide bonds. The second kappa shape index (κ2) is 4.66. The summed E-state index contributed by atoms with van der Waals surface area (Å²) in [6, 6.07) is 0. The van der Waals surface area contributed by atoms with E-state index in [1.807, 2.05) is 13.8 Å². The minimum atomic E-state index is -0.693. The maximum absolute atomic E-state index is 11.9. The highest BCUT2D eigenvalue weighted by Gasteiger charge is 2.55. The first-order chi connectivity index (χ1) is 8.07. The summed E-state index contributed by atoms with van der Waals surface area (Å²) in [4.78, 5) is 11.9. The third-order valence-electron chi connectivity index (χ3n) is 3.35. The van der Waals surface area contributed by atoms with Crippen molar-refractivity contribution >= 4 is 5.91 Å². The molecule has 1 heterocycles. The summed E-state index contributed by atoms with van der Waals surface area (Å²) in [7, 11) is 1.64. The predicted molar refractivity (Wildman–Crippen MR) is 61.2 cm³/mol. The molecule has 0 unspecified atom stereocenters. The van der Waals surface area contributed by atoms with Crippen LogP contribution in [0.1, 0.15) is 26.7 Å². The van der Waals surface area contributed by atoms with E-state index in [1.165, 1.54) is 0 Å². The second-order valence-electron chi connectivity index (χ2n) is 4.63. The predicted octanol–water partition coefficient (Wildman–Crippen LogP) is 0.948. The molecule has 0 radical (unpaired) electrons. The van der Waals surface area contributed by atoms with Gasteiger partial charge >= 0.3 is 0 Å². The zero-order valence-corrected chi connectivity index (χ0v) is 10.5. The zero-order chi connectivity index (χ0) is 12.5. The first-order valence-electron chi connectivity index (χ1n) is 5.86. The van der Waals surface area contributed by atoms with Crippen molar-refractivity contribution in [1.29, 1.82) is 0 Å². The molecule has 2 rings (SSSR count). The number of hydrogen-bond acceptors (Lipinski definition) is 4. The van der Waals surface area contributed by atoms with E-state index in [4.69, 9.17) is 14.2 Å². The number of allylic oxidation sites excluding steroid dienone is 2. The zero-order valence-electron chi connectivity index (χ0n) is 10.5. The van der Waals surface area contributed by atoms with Crippen LogP contribution in [0.3, 0.4) is 0 Å². The first kappa shape index (κ1) is 12.4. The van der Waals surface area contributed by atoms with Gasteiger partial charge in [0, 0.05) is 20.0 Å². The molecule has 1 aliphatic carbocycles. The maximum Gasteiger partial charge on any atom is 0.268 e. The van der Waals surface area contributed by atoms with Gasteiger partial charge in [-0.25, -0.2) is 0 Å². The molecule has 1 N–H and O–H groups in total. The monoisotopic (exact) mass is 241 g/mol. The van der Waals surface area contributed by atoms with Crippen molar-refractivity contribution in [2.24, 2.45) is 0 Å². The van der Waals surface area contributed by atoms with Crippen molar-refractivity contribution in [1.82, 2.24) is 5.32 Å². The van der Waals surface area contributed by atoms with Crippen molar-refractivity contribution in [3.63, 3.8) is 0 Å². The summed E-state index contributed by atoms with van der Waals surface area (Å²) < 4.78 is 16.2. The largest absolute Gasteiger partial charge is 0.480 e. The van der Waals surface area contributed by atoms with Gasteiger partial charge in [0.15, 0.2) is 5.60 Å². The number of rotatable bonds is 4. The van der Waals surface area contributed by atoms with Gasteiger partial charge < -0.3 is 19.5 Å². The molecule has 5 nitrogen and oxygen atoms in total. The molecule has 1 fully saturated rings. The van der Waals surface area contributed by atoms with Crippen LogP contribution in [-0.2, 0) is 19.0 Å². The summed E-state index contributed by atoms with van der Waals surface area (Å²) in [5, 5.41) is 2.85. The van der Waals surface area contributed by atoms with Crippen LogP contribution in [0.15, 0.2) is 11.5 Å². The van der Waals surface area contributed by atoms with E-state index in [1.54, 1.807) is 7.11 Å². The molecule has 17 heavy (non-hydrogen) atoms. The standard InChI is InChI=1S/C12H19NO4/c1-8-9(2)17-12(11(14)13-8)6-10(7-12)16-5-4-15-3/h10H,4-7H2,1-3H3,(H,13,14). The minimum Gasteiger partial charge on any atom is -0.480 e. The molecular weight excluding hydrogens is 222 g/mol. The molecule has 0 aromatic heterocycles. The highest BCUT2D eigenvalue weighted by Crippen LogP contribution is 2.41. The van der Waals surface area contributed by atoms with Gasteiger partial charge in [0.2, 0.25) is 0 Å². The lowest BCUT2D eigenvalue weighted by Crippen LogP contribution is -2.61. The molecule has 96 valence electrons. The number of ether oxygens (including phenoxy) is 3. The summed E-state index contributed by atoms with van der Waals surface area (Å²) in [6.45, 7) is 4.85. The molecule has 2 aliphatic rings. The number of carbonyl (C=O) groups excluding carboxylic acids is 1. The lowest BCUT2D eigenvalue weighted by molar-refractivity contribution is -0.181. The summed E-state index contributed by atoms with van der Waals surface area (Å²) in [6.07, 6.45) is 1.34. The van der Waals surface area contributed by atoms with Gasteiger partial charge in [0.25, 0.3) is 5.91 Å². The Morgan fingerprint density at radius 1 is 1.41 bits per heavy atom. The molecule has 0 bridgehead atoms. The number of methoxy groups -OCH3 is 1. The molecule has 0 saturated heterocycles. The number of nitrogens with one attached hydrogen (secondary N) is 1. The van der Waals surface area contributed by atoms with Crippen LogP contribution >= 0.6 is 0 Å². The fourth-order valence-electron chi connectivity index (χ4n) is 2.15. The van der Waals surface area contributed by atoms with Crippen LogP contribution in [-0.4, -0.2) is 37.9 Å². The van der Waals surface area contributed by atoms with Gasteiger partial charge in [-0.3, -0.25) is 4.79 Å². The van der Waals surface area contributed by atoms with Gasteiger partial charge in [-0.1, -0.05) is 0 Å². The molecule has 0 atom stereocenters. The summed E-state index contributed by atoms with van der Waals surface area (Å²) in [5.41, 5.74) is 0.103. The molecule has 1 spiro atoms. The third-order valence-corrected chi connectivity index (χ3v) is 3.35. The van der Waals surface area contributed by atoms with Gasteiger partial charge in [0.05, 0.1) is 25.0 Å². The van der Waals surface area contributed by atoms with Crippen LogP contribution in [0.4, 0.5) is 0 Å². The Kier molecular flexibility index (Phi) is 3.40. The Balaban J connectivity index is 1.86. The summed E-state index contributed by atoms with van der Waals surface area (Å²) in [5.74, 6) is 0.743. The van der Waals surface area contributed by atoms with Crippen LogP contribution in [0.5, 0.6) is 0 Å². The number of amides is 1. The molecule has 1 saturated carbocycles. The van der Waals surface area contributed by atoms with E-state index < -0.39 is 5.60 Å². The SMILES string of the molecule is COCCOC1CC2(C1)OC(C)=C(C)NC2=O. The average Bonchev–Trinajstić information content (AvgIpc) is 2.23. The molecular formula is C12H19NO4. The van der Waals surface area contributed by atoms with E-state index in [2.05, 4.69) is 5.32 Å². The fraction of sp³-hybridized carbons (Fsp3) is 0.750. The topological polar surface area (TPSA) is 56.8 Å². The molecule has 0 aromatic carbocycles. The summed E-state index contributed by atoms with van der Waals surface area (Å²) >= 11 is 0. The maximum atomic E-state index is 11.9. The normalized spacial score (nSPS) is 32.2. The van der Waals surface area contributed by atoms with Gasteiger partial charge in [-0.05, 0) is 13.8 Å². The molecule has 1 aliphatic heterocycles. The van der Waals surface area contributed by atoms with Crippen molar-refractivity contribution in [3.8, 4) is 0 Å². The lowest BCUT2D eigenvalue weighted by atomic mass is 9.75. The highest BCUT2D eigenvalue weighted by molar-refractivity contribution is 5.89. The van der Waals surface area contributed by atoms with Crippen molar-refractivity contribution in [3.05, 3.63) is 11.5 Å². The number of hydrogen-bond donors (Lipinski definition) is 1. The van der Waals surface area contributed by atoms with Gasteiger partial charge in [-0.15, -0.1) is 0 Å². The third kappa shape index (κ3) is 2.30. The quantitative estimate of drug-likeness (QED) is 0.744. The molecule has 5 heteroatoms. The minimum absolute atomic E-state index is 0.0489. The van der Waals surface area contributed by atoms with Crippen molar-refractivity contribution in [2.45, 2.75) is 38.4 Å². The van der Waals surface area contributed by atoms with Crippen molar-refractivity contribution < 1.29 is 19.0 Å².